The summed E-state index contributed by atoms with van der Waals surface area (Å²) in [5, 5.41) is 20.5. The molecule has 0 radical (unpaired) electrons. The van der Waals surface area contributed by atoms with Crippen molar-refractivity contribution in [2.45, 2.75) is 36.9 Å². The number of hydrogen-bond donors (Lipinski definition) is 6. The molecule has 0 aliphatic carbocycles. The summed E-state index contributed by atoms with van der Waals surface area (Å²) in [4.78, 5) is 41.1. The number of aliphatic hydroxyl groups excluding tert-OH is 2. The lowest BCUT2D eigenvalue weighted by Crippen LogP contribution is -2.31. The van der Waals surface area contributed by atoms with Gasteiger partial charge in [-0.2, -0.15) is 4.98 Å². The lowest BCUT2D eigenvalue weighted by molar-refractivity contribution is -0.0482. The molecular formula is C21H22F2N9O8PS. The first-order chi connectivity index (χ1) is 20.0. The molecule has 2 aliphatic heterocycles. The normalized spacial score (nSPS) is 27.6. The minimum absolute atomic E-state index is 0.110. The second-order valence-corrected chi connectivity index (χ2v) is 12.0. The molecule has 0 aromatic carbocycles. The topological polar surface area (TPSA) is 244 Å². The van der Waals surface area contributed by atoms with Gasteiger partial charge in [0.1, 0.15) is 42.9 Å². The van der Waals surface area contributed by atoms with Gasteiger partial charge in [-0.3, -0.25) is 18.9 Å². The number of nitrogen functional groups attached to an aromatic ring is 2. The van der Waals surface area contributed by atoms with Crippen LogP contribution in [0, 0.1) is 0 Å². The molecule has 1 fully saturated rings. The molecule has 1 unspecified atom stereocenters. The van der Waals surface area contributed by atoms with Crippen LogP contribution in [0.2, 0.25) is 0 Å². The highest BCUT2D eigenvalue weighted by molar-refractivity contribution is 8.07. The fraction of sp³-hybridized carbons (Fsp3) is 0.381. The first-order valence-electron chi connectivity index (χ1n) is 12.1. The highest BCUT2D eigenvalue weighted by Gasteiger charge is 2.48. The van der Waals surface area contributed by atoms with Gasteiger partial charge in [0.2, 0.25) is 12.2 Å². The van der Waals surface area contributed by atoms with Gasteiger partial charge in [-0.25, -0.2) is 23.7 Å². The van der Waals surface area contributed by atoms with E-state index >= 15 is 8.78 Å². The summed E-state index contributed by atoms with van der Waals surface area (Å²) in [6.07, 6.45) is -5.87. The smallest absolute Gasteiger partial charge is 0.325 e. The Morgan fingerprint density at radius 3 is 2.76 bits per heavy atom. The molecule has 0 saturated carbocycles. The van der Waals surface area contributed by atoms with Gasteiger partial charge in [0, 0.05) is 6.20 Å². The number of aromatic nitrogens is 7. The number of halogens is 2. The molecule has 0 spiro atoms. The van der Waals surface area contributed by atoms with E-state index in [1.807, 2.05) is 0 Å². The van der Waals surface area contributed by atoms with Crippen molar-refractivity contribution in [1.29, 1.82) is 0 Å². The third-order valence-corrected chi connectivity index (χ3v) is 8.21. The lowest BCUT2D eigenvalue weighted by Gasteiger charge is -2.25. The molecule has 0 amide bonds. The van der Waals surface area contributed by atoms with Crippen LogP contribution >= 0.6 is 6.72 Å². The molecule has 4 aromatic heterocycles. The minimum Gasteiger partial charge on any atom is -0.466 e. The Labute approximate surface area is 237 Å². The average molecular weight is 629 g/mol. The maximum absolute atomic E-state index is 15.2. The van der Waals surface area contributed by atoms with Crippen LogP contribution < -0.4 is 17.0 Å². The highest BCUT2D eigenvalue weighted by Crippen LogP contribution is 2.51. The largest absolute Gasteiger partial charge is 0.466 e. The number of rotatable bonds is 8. The summed E-state index contributed by atoms with van der Waals surface area (Å²) in [5.74, 6) is -1.77. The molecule has 224 valence electrons. The Bertz CT molecular complexity index is 1820. The van der Waals surface area contributed by atoms with Crippen LogP contribution in [0.4, 0.5) is 20.5 Å². The van der Waals surface area contributed by atoms with Crippen molar-refractivity contribution in [2.75, 3.05) is 24.7 Å². The minimum atomic E-state index is -4.37. The van der Waals surface area contributed by atoms with E-state index < -0.39 is 74.0 Å². The van der Waals surface area contributed by atoms with E-state index in [0.29, 0.717) is 5.39 Å². The van der Waals surface area contributed by atoms with Gasteiger partial charge in [0.15, 0.2) is 41.3 Å². The second-order valence-electron chi connectivity index (χ2n) is 9.22. The number of nitrogens with two attached hydrogens (primary N) is 2. The van der Waals surface area contributed by atoms with Crippen LogP contribution in [-0.4, -0.2) is 86.9 Å². The molecule has 7 atom stereocenters. The van der Waals surface area contributed by atoms with Gasteiger partial charge in [-0.15, -0.1) is 0 Å². The number of ether oxygens (including phenoxy) is 2. The number of nitrogens with one attached hydrogen (secondary N) is 1. The third kappa shape index (κ3) is 4.80. The number of fused-ring (bicyclic) bond motifs is 2. The van der Waals surface area contributed by atoms with E-state index in [4.69, 9.17) is 41.8 Å². The van der Waals surface area contributed by atoms with Gasteiger partial charge in [0.25, 0.3) is 5.56 Å². The molecule has 4 aromatic rings. The molecule has 1 saturated heterocycles. The van der Waals surface area contributed by atoms with Crippen LogP contribution in [0.3, 0.4) is 0 Å². The zero-order chi connectivity index (χ0) is 29.9. The van der Waals surface area contributed by atoms with E-state index in [-0.39, 0.29) is 28.6 Å². The third-order valence-electron chi connectivity index (χ3n) is 6.66. The first-order valence-corrected chi connectivity index (χ1v) is 14.7. The molecule has 8 N–H and O–H groups in total. The van der Waals surface area contributed by atoms with Gasteiger partial charge in [-0.05, 0) is 17.9 Å². The summed E-state index contributed by atoms with van der Waals surface area (Å²) >= 11 is 5.05. The van der Waals surface area contributed by atoms with Gasteiger partial charge in [-0.1, -0.05) is 0 Å². The molecule has 42 heavy (non-hydrogen) atoms. The zero-order valence-corrected chi connectivity index (χ0v) is 22.7. The molecule has 6 heterocycles. The predicted molar refractivity (Wildman–Crippen MR) is 142 cm³/mol. The number of aromatic amines is 1. The van der Waals surface area contributed by atoms with Crippen molar-refractivity contribution < 1.29 is 42.4 Å². The van der Waals surface area contributed by atoms with Crippen LogP contribution in [0.1, 0.15) is 12.5 Å². The molecular weight excluding hydrogens is 607 g/mol. The molecule has 2 aliphatic rings. The summed E-state index contributed by atoms with van der Waals surface area (Å²) in [6, 6.07) is 1.56. The summed E-state index contributed by atoms with van der Waals surface area (Å²) in [6.45, 7) is -5.90. The Hall–Kier alpha value is -3.62. The predicted octanol–water partition coefficient (Wildman–Crippen LogP) is -0.354. The highest BCUT2D eigenvalue weighted by atomic mass is 32.5. The Morgan fingerprint density at radius 2 is 2.00 bits per heavy atom. The fourth-order valence-electron chi connectivity index (χ4n) is 4.69. The van der Waals surface area contributed by atoms with Crippen molar-refractivity contribution >= 4 is 52.5 Å². The van der Waals surface area contributed by atoms with E-state index in [1.54, 1.807) is 6.07 Å². The fourth-order valence-corrected chi connectivity index (χ4v) is 6.03. The number of hydrogen-bond acceptors (Lipinski definition) is 14. The number of alkyl halides is 1. The van der Waals surface area contributed by atoms with Crippen molar-refractivity contribution in [3.63, 3.8) is 0 Å². The number of imidazole rings is 1. The standard InChI is InChI=1S/C21H22F2N9O8PS/c22-10-8(3-33)38-20(32-6-28-12-17(32)29-21(25)30-18(12)35)14(10)40-41(36,42)37-4-9-13(34)11(23)19(39-9)31-2-1-7-15(24)26-5-27-16(7)31/h1-2,5-6,9,11,13-14,19-20,33-34H,3-4H2,(H,36,42)(H2,24,26,27)(H3,25,29,30,35)/t9-,11+,13-,14-,19-,20-,41?/m1/s1. The number of aliphatic hydroxyl groups is 2. The lowest BCUT2D eigenvalue weighted by atomic mass is 10.1. The van der Waals surface area contributed by atoms with Crippen molar-refractivity contribution in [1.82, 2.24) is 34.1 Å². The summed E-state index contributed by atoms with van der Waals surface area (Å²) in [5.41, 5.74) is 10.8. The zero-order valence-electron chi connectivity index (χ0n) is 21.0. The Morgan fingerprint density at radius 1 is 1.21 bits per heavy atom. The average Bonchev–Trinajstić information content (AvgIpc) is 3.69. The molecule has 17 nitrogen and oxygen atoms in total. The number of anilines is 2. The van der Waals surface area contributed by atoms with Crippen molar-refractivity contribution in [2.24, 2.45) is 0 Å². The molecule has 6 rings (SSSR count). The van der Waals surface area contributed by atoms with E-state index in [9.17, 15) is 19.9 Å². The summed E-state index contributed by atoms with van der Waals surface area (Å²) in [7, 11) is 0. The van der Waals surface area contributed by atoms with Crippen LogP contribution in [-0.2, 0) is 30.3 Å². The summed E-state index contributed by atoms with van der Waals surface area (Å²) < 4.78 is 54.6. The maximum atomic E-state index is 15.2. The van der Waals surface area contributed by atoms with Gasteiger partial charge >= 0.3 is 6.72 Å². The van der Waals surface area contributed by atoms with Crippen LogP contribution in [0.15, 0.2) is 41.3 Å². The van der Waals surface area contributed by atoms with Crippen LogP contribution in [0.5, 0.6) is 0 Å². The van der Waals surface area contributed by atoms with Crippen molar-refractivity contribution in [3.8, 4) is 0 Å². The number of H-pyrrole nitrogens is 1. The SMILES string of the molecule is Nc1nc2c(ncn2[C@@H]2OC(CO)=C(F)[C@H]2OP(O)(=S)OC[C@H]2O[C@@H](n3ccc4c(N)ncnc43)[C@@H](F)[C@@H]2O)c(=O)[nH]1. The molecule has 21 heteroatoms. The van der Waals surface area contributed by atoms with Gasteiger partial charge < -0.3 is 45.1 Å². The Balaban J connectivity index is 1.20. The first kappa shape index (κ1) is 28.5. The quantitative estimate of drug-likeness (QED) is 0.136. The Kier molecular flexibility index (Phi) is 7.18. The molecule has 0 bridgehead atoms. The van der Waals surface area contributed by atoms with Gasteiger partial charge in [0.05, 0.1) is 12.0 Å². The number of nitrogens with zero attached hydrogens (tertiary/aromatic N) is 6. The maximum Gasteiger partial charge on any atom is 0.325 e. The van der Waals surface area contributed by atoms with Crippen LogP contribution in [0.25, 0.3) is 22.2 Å². The van der Waals surface area contributed by atoms with E-state index in [0.717, 1.165) is 10.9 Å². The van der Waals surface area contributed by atoms with Crippen molar-refractivity contribution in [3.05, 3.63) is 46.9 Å². The monoisotopic (exact) mass is 629 g/mol. The van der Waals surface area contributed by atoms with E-state index in [2.05, 4.69) is 24.9 Å². The van der Waals surface area contributed by atoms with E-state index in [1.165, 1.54) is 17.1 Å². The second kappa shape index (κ2) is 10.6.